The van der Waals surface area contributed by atoms with E-state index in [0.717, 1.165) is 27.0 Å². The molecule has 19 heavy (non-hydrogen) atoms. The number of hydrogen-bond donors (Lipinski definition) is 2. The number of hydrogen-bond acceptors (Lipinski definition) is 2. The van der Waals surface area contributed by atoms with Gasteiger partial charge in [-0.1, -0.05) is 17.7 Å². The molecule has 0 aliphatic rings. The van der Waals surface area contributed by atoms with Crippen molar-refractivity contribution in [3.8, 4) is 0 Å². The van der Waals surface area contributed by atoms with Crippen LogP contribution in [0.5, 0.6) is 0 Å². The smallest absolute Gasteiger partial charge is 0.141 e. The SMILES string of the molecule is Cc1cc(NCc2ccc(F)c(Cl)c2)c(Br)cc1N. The predicted molar refractivity (Wildman–Crippen MR) is 82.0 cm³/mol. The van der Waals surface area contributed by atoms with Gasteiger partial charge in [0.05, 0.1) is 5.02 Å². The summed E-state index contributed by atoms with van der Waals surface area (Å²) in [5.74, 6) is -0.407. The third-order valence-corrected chi connectivity index (χ3v) is 3.77. The maximum Gasteiger partial charge on any atom is 0.141 e. The maximum absolute atomic E-state index is 13.0. The molecule has 3 N–H and O–H groups in total. The zero-order valence-electron chi connectivity index (χ0n) is 10.3. The molecule has 0 amide bonds. The standard InChI is InChI=1S/C14H13BrClFN2/c1-8-4-14(10(15)6-13(8)18)19-7-9-2-3-12(17)11(16)5-9/h2-6,19H,7,18H2,1H3. The lowest BCUT2D eigenvalue weighted by Gasteiger charge is -2.11. The van der Waals surface area contributed by atoms with Gasteiger partial charge in [0.25, 0.3) is 0 Å². The maximum atomic E-state index is 13.0. The Morgan fingerprint density at radius 2 is 2.05 bits per heavy atom. The Balaban J connectivity index is 2.14. The highest BCUT2D eigenvalue weighted by molar-refractivity contribution is 9.10. The van der Waals surface area contributed by atoms with Gasteiger partial charge in [-0.3, -0.25) is 0 Å². The first-order valence-corrected chi connectivity index (χ1v) is 6.88. The first-order valence-electron chi connectivity index (χ1n) is 5.71. The number of rotatable bonds is 3. The lowest BCUT2D eigenvalue weighted by Crippen LogP contribution is -2.02. The molecule has 2 nitrogen and oxygen atoms in total. The number of anilines is 2. The molecule has 0 fully saturated rings. The van der Waals surface area contributed by atoms with E-state index >= 15 is 0 Å². The average molecular weight is 344 g/mol. The van der Waals surface area contributed by atoms with Gasteiger partial charge >= 0.3 is 0 Å². The van der Waals surface area contributed by atoms with Crippen molar-refractivity contribution in [1.29, 1.82) is 0 Å². The Hall–Kier alpha value is -1.26. The predicted octanol–water partition coefficient (Wildman–Crippen LogP) is 4.74. The number of halogens is 3. The minimum Gasteiger partial charge on any atom is -0.398 e. The normalized spacial score (nSPS) is 10.5. The summed E-state index contributed by atoms with van der Waals surface area (Å²) >= 11 is 9.20. The van der Waals surface area contributed by atoms with Gasteiger partial charge in [0.15, 0.2) is 0 Å². The first-order chi connectivity index (χ1) is 8.97. The van der Waals surface area contributed by atoms with Crippen LogP contribution in [0.4, 0.5) is 15.8 Å². The highest BCUT2D eigenvalue weighted by Gasteiger charge is 2.05. The molecule has 0 radical (unpaired) electrons. The van der Waals surface area contributed by atoms with Crippen LogP contribution in [0.25, 0.3) is 0 Å². The fourth-order valence-electron chi connectivity index (χ4n) is 1.68. The van der Waals surface area contributed by atoms with E-state index in [1.165, 1.54) is 6.07 Å². The lowest BCUT2D eigenvalue weighted by molar-refractivity contribution is 0.627. The quantitative estimate of drug-likeness (QED) is 0.790. The van der Waals surface area contributed by atoms with Crippen LogP contribution < -0.4 is 11.1 Å². The topological polar surface area (TPSA) is 38.0 Å². The summed E-state index contributed by atoms with van der Waals surface area (Å²) in [6.45, 7) is 2.50. The molecular weight excluding hydrogens is 331 g/mol. The van der Waals surface area contributed by atoms with Crippen molar-refractivity contribution in [3.63, 3.8) is 0 Å². The van der Waals surface area contributed by atoms with E-state index in [0.29, 0.717) is 6.54 Å². The van der Waals surface area contributed by atoms with Crippen LogP contribution in [0.1, 0.15) is 11.1 Å². The lowest BCUT2D eigenvalue weighted by atomic mass is 10.1. The summed E-state index contributed by atoms with van der Waals surface area (Å²) in [5, 5.41) is 3.39. The minimum absolute atomic E-state index is 0.131. The van der Waals surface area contributed by atoms with Gasteiger partial charge in [-0.25, -0.2) is 4.39 Å². The van der Waals surface area contributed by atoms with Gasteiger partial charge in [-0.15, -0.1) is 0 Å². The molecule has 0 aliphatic carbocycles. The molecule has 2 aromatic carbocycles. The van der Waals surface area contributed by atoms with Crippen LogP contribution in [0.2, 0.25) is 5.02 Å². The zero-order valence-corrected chi connectivity index (χ0v) is 12.6. The summed E-state index contributed by atoms with van der Waals surface area (Å²) in [6.07, 6.45) is 0. The summed E-state index contributed by atoms with van der Waals surface area (Å²) < 4.78 is 13.9. The number of nitrogens with one attached hydrogen (secondary N) is 1. The Bertz CT molecular complexity index is 617. The number of aryl methyl sites for hydroxylation is 1. The minimum atomic E-state index is -0.407. The van der Waals surface area contributed by atoms with Crippen LogP contribution in [-0.2, 0) is 6.54 Å². The van der Waals surface area contributed by atoms with E-state index in [4.69, 9.17) is 17.3 Å². The monoisotopic (exact) mass is 342 g/mol. The summed E-state index contributed by atoms with van der Waals surface area (Å²) in [4.78, 5) is 0. The van der Waals surface area contributed by atoms with Crippen LogP contribution in [0, 0.1) is 12.7 Å². The molecule has 0 aliphatic heterocycles. The molecular formula is C14H13BrClFN2. The van der Waals surface area contributed by atoms with E-state index in [9.17, 15) is 4.39 Å². The third-order valence-electron chi connectivity index (χ3n) is 2.82. The number of nitrogens with two attached hydrogens (primary N) is 1. The molecule has 0 aromatic heterocycles. The largest absolute Gasteiger partial charge is 0.398 e. The van der Waals surface area contributed by atoms with E-state index in [2.05, 4.69) is 21.2 Å². The Labute approximate surface area is 124 Å². The second-order valence-electron chi connectivity index (χ2n) is 4.29. The summed E-state index contributed by atoms with van der Waals surface area (Å²) in [6, 6.07) is 8.50. The van der Waals surface area contributed by atoms with Crippen molar-refractivity contribution < 1.29 is 4.39 Å². The number of benzene rings is 2. The molecule has 0 unspecified atom stereocenters. The van der Waals surface area contributed by atoms with Gasteiger partial charge in [-0.05, 0) is 58.2 Å². The van der Waals surface area contributed by atoms with Crippen molar-refractivity contribution in [2.75, 3.05) is 11.1 Å². The highest BCUT2D eigenvalue weighted by Crippen LogP contribution is 2.28. The van der Waals surface area contributed by atoms with Gasteiger partial charge in [0.2, 0.25) is 0 Å². The van der Waals surface area contributed by atoms with Crippen molar-refractivity contribution in [2.45, 2.75) is 13.5 Å². The Kier molecular flexibility index (Phi) is 4.32. The van der Waals surface area contributed by atoms with Gasteiger partial charge in [0.1, 0.15) is 5.82 Å². The number of nitrogen functional groups attached to an aromatic ring is 1. The molecule has 0 saturated heterocycles. The Morgan fingerprint density at radius 1 is 1.32 bits per heavy atom. The van der Waals surface area contributed by atoms with Crippen molar-refractivity contribution in [1.82, 2.24) is 0 Å². The fourth-order valence-corrected chi connectivity index (χ4v) is 2.38. The van der Waals surface area contributed by atoms with Gasteiger partial charge < -0.3 is 11.1 Å². The van der Waals surface area contributed by atoms with Crippen LogP contribution in [-0.4, -0.2) is 0 Å². The van der Waals surface area contributed by atoms with E-state index < -0.39 is 5.82 Å². The van der Waals surface area contributed by atoms with E-state index in [1.807, 2.05) is 19.1 Å². The molecule has 2 aromatic rings. The van der Waals surface area contributed by atoms with Crippen molar-refractivity contribution >= 4 is 38.9 Å². The molecule has 0 heterocycles. The molecule has 2 rings (SSSR count). The highest BCUT2D eigenvalue weighted by atomic mass is 79.9. The molecule has 0 saturated carbocycles. The molecule has 5 heteroatoms. The van der Waals surface area contributed by atoms with Crippen LogP contribution in [0.15, 0.2) is 34.8 Å². The van der Waals surface area contributed by atoms with Gasteiger partial charge in [0, 0.05) is 22.4 Å². The van der Waals surface area contributed by atoms with Crippen molar-refractivity contribution in [3.05, 3.63) is 56.8 Å². The van der Waals surface area contributed by atoms with E-state index in [1.54, 1.807) is 12.1 Å². The Morgan fingerprint density at radius 3 is 2.74 bits per heavy atom. The van der Waals surface area contributed by atoms with E-state index in [-0.39, 0.29) is 5.02 Å². The molecule has 100 valence electrons. The fraction of sp³-hybridized carbons (Fsp3) is 0.143. The van der Waals surface area contributed by atoms with Crippen molar-refractivity contribution in [2.24, 2.45) is 0 Å². The molecule has 0 bridgehead atoms. The molecule has 0 spiro atoms. The summed E-state index contributed by atoms with van der Waals surface area (Å²) in [5.41, 5.74) is 9.40. The molecule has 0 atom stereocenters. The average Bonchev–Trinajstić information content (AvgIpc) is 2.36. The van der Waals surface area contributed by atoms with Crippen LogP contribution >= 0.6 is 27.5 Å². The third kappa shape index (κ3) is 3.39. The second kappa shape index (κ2) is 5.80. The first kappa shape index (κ1) is 14.2. The zero-order chi connectivity index (χ0) is 14.0. The second-order valence-corrected chi connectivity index (χ2v) is 5.55. The van der Waals surface area contributed by atoms with Crippen LogP contribution in [0.3, 0.4) is 0 Å². The van der Waals surface area contributed by atoms with Gasteiger partial charge in [-0.2, -0.15) is 0 Å². The summed E-state index contributed by atoms with van der Waals surface area (Å²) in [7, 11) is 0.